The maximum atomic E-state index is 12.4. The van der Waals surface area contributed by atoms with E-state index in [1.165, 1.54) is 24.0 Å². The van der Waals surface area contributed by atoms with Crippen molar-refractivity contribution < 1.29 is 23.1 Å². The number of aromatic nitrogens is 2. The van der Waals surface area contributed by atoms with Crippen LogP contribution < -0.4 is 15.5 Å². The maximum Gasteiger partial charge on any atom is 0.405 e. The second-order valence-electron chi connectivity index (χ2n) is 8.15. The number of anilines is 2. The molecule has 1 fully saturated rings. The van der Waals surface area contributed by atoms with Gasteiger partial charge in [0.2, 0.25) is 0 Å². The Bertz CT molecular complexity index is 1060. The van der Waals surface area contributed by atoms with Gasteiger partial charge < -0.3 is 25.5 Å². The highest BCUT2D eigenvalue weighted by Crippen LogP contribution is 2.39. The van der Waals surface area contributed by atoms with Crippen molar-refractivity contribution in [3.8, 4) is 0 Å². The SMILES string of the molecule is CN1C=C(c2cncc(C(=O)NCC(F)(F)F)c2)SC1Nc1cc(N2CCC(O)CC2)ccn1. The first-order valence-electron chi connectivity index (χ1n) is 10.7. The number of pyridine rings is 2. The van der Waals surface area contributed by atoms with Gasteiger partial charge in [-0.1, -0.05) is 11.8 Å². The minimum Gasteiger partial charge on any atom is -0.393 e. The highest BCUT2D eigenvalue weighted by molar-refractivity contribution is 8.09. The lowest BCUT2D eigenvalue weighted by molar-refractivity contribution is -0.123. The number of hydrogen-bond donors (Lipinski definition) is 3. The molecular weight excluding hydrogens is 469 g/mol. The summed E-state index contributed by atoms with van der Waals surface area (Å²) in [6, 6.07) is 5.44. The standard InChI is InChI=1S/C22H25F3N6O2S/c1-30-12-18(14-8-15(11-26-10-14)20(33)28-13-22(23,24)25)34-21(30)29-19-9-16(2-5-27-19)31-6-3-17(32)4-7-31/h2,5,8-12,17,21,32H,3-4,6-7,13H2,1H3,(H,27,29)(H,28,33). The minimum atomic E-state index is -4.48. The van der Waals surface area contributed by atoms with Crippen molar-refractivity contribution >= 4 is 34.1 Å². The Morgan fingerprint density at radius 1 is 1.26 bits per heavy atom. The van der Waals surface area contributed by atoms with Crippen LogP contribution >= 0.6 is 11.8 Å². The van der Waals surface area contributed by atoms with E-state index in [4.69, 9.17) is 0 Å². The van der Waals surface area contributed by atoms with Crippen LogP contribution in [0.15, 0.2) is 43.0 Å². The molecule has 0 aromatic carbocycles. The Hall–Kier alpha value is -2.99. The van der Waals surface area contributed by atoms with Crippen molar-refractivity contribution in [2.24, 2.45) is 0 Å². The summed E-state index contributed by atoms with van der Waals surface area (Å²) >= 11 is 1.48. The summed E-state index contributed by atoms with van der Waals surface area (Å²) in [5.74, 6) is -0.134. The molecule has 2 aliphatic rings. The summed E-state index contributed by atoms with van der Waals surface area (Å²) in [6.45, 7) is 0.175. The third kappa shape index (κ3) is 6.11. The molecule has 8 nitrogen and oxygen atoms in total. The number of nitrogens with one attached hydrogen (secondary N) is 2. The van der Waals surface area contributed by atoms with Crippen molar-refractivity contribution in [2.45, 2.75) is 30.6 Å². The van der Waals surface area contributed by atoms with E-state index in [1.807, 2.05) is 35.6 Å². The number of rotatable bonds is 6. The molecule has 0 saturated carbocycles. The predicted molar refractivity (Wildman–Crippen MR) is 125 cm³/mol. The molecule has 4 heterocycles. The van der Waals surface area contributed by atoms with Gasteiger partial charge in [-0.25, -0.2) is 4.98 Å². The van der Waals surface area contributed by atoms with Crippen molar-refractivity contribution in [1.82, 2.24) is 20.2 Å². The summed E-state index contributed by atoms with van der Waals surface area (Å²) in [7, 11) is 1.89. The first kappa shape index (κ1) is 24.1. The number of aliphatic hydroxyl groups excluding tert-OH is 1. The first-order valence-corrected chi connectivity index (χ1v) is 11.6. The van der Waals surface area contributed by atoms with E-state index in [0.717, 1.165) is 36.5 Å². The van der Waals surface area contributed by atoms with Gasteiger partial charge >= 0.3 is 6.18 Å². The van der Waals surface area contributed by atoms with Crippen molar-refractivity contribution in [2.75, 3.05) is 36.9 Å². The summed E-state index contributed by atoms with van der Waals surface area (Å²) in [5.41, 5.74) is 1.55. The lowest BCUT2D eigenvalue weighted by atomic mass is 10.1. The Morgan fingerprint density at radius 3 is 2.76 bits per heavy atom. The van der Waals surface area contributed by atoms with Crippen LogP contribution in [0.4, 0.5) is 24.7 Å². The van der Waals surface area contributed by atoms with Crippen LogP contribution in [-0.2, 0) is 0 Å². The molecular formula is C22H25F3N6O2S. The lowest BCUT2D eigenvalue weighted by Gasteiger charge is -2.31. The Morgan fingerprint density at radius 2 is 2.03 bits per heavy atom. The molecule has 0 spiro atoms. The number of aliphatic hydroxyl groups is 1. The van der Waals surface area contributed by atoms with E-state index in [9.17, 15) is 23.1 Å². The van der Waals surface area contributed by atoms with Crippen molar-refractivity contribution in [1.29, 1.82) is 0 Å². The third-order valence-corrected chi connectivity index (χ3v) is 6.78. The van der Waals surface area contributed by atoms with Crippen LogP contribution in [0.2, 0.25) is 0 Å². The quantitative estimate of drug-likeness (QED) is 0.564. The zero-order chi connectivity index (χ0) is 24.3. The van der Waals surface area contributed by atoms with Crippen LogP contribution in [-0.4, -0.2) is 70.3 Å². The zero-order valence-electron chi connectivity index (χ0n) is 18.4. The molecule has 2 aromatic rings. The normalized spacial score (nSPS) is 19.2. The lowest BCUT2D eigenvalue weighted by Crippen LogP contribution is -2.36. The van der Waals surface area contributed by atoms with Gasteiger partial charge in [-0.05, 0) is 25.0 Å². The average molecular weight is 495 g/mol. The van der Waals surface area contributed by atoms with Crippen LogP contribution in [0.1, 0.15) is 28.8 Å². The summed E-state index contributed by atoms with van der Waals surface area (Å²) in [4.78, 5) is 25.5. The van der Waals surface area contributed by atoms with Crippen LogP contribution in [0.25, 0.3) is 4.91 Å². The fraction of sp³-hybridized carbons (Fsp3) is 0.409. The molecule has 12 heteroatoms. The van der Waals surface area contributed by atoms with Crippen molar-refractivity contribution in [3.63, 3.8) is 0 Å². The smallest absolute Gasteiger partial charge is 0.393 e. The molecule has 182 valence electrons. The summed E-state index contributed by atoms with van der Waals surface area (Å²) in [6.07, 6.45) is 3.18. The molecule has 1 amide bonds. The number of piperidine rings is 1. The Kier molecular flexibility index (Phi) is 7.17. The van der Waals surface area contributed by atoms with Gasteiger partial charge in [-0.15, -0.1) is 0 Å². The van der Waals surface area contributed by atoms with Crippen LogP contribution in [0.5, 0.6) is 0 Å². The number of carbonyl (C=O) groups is 1. The van der Waals surface area contributed by atoms with Gasteiger partial charge in [0.05, 0.1) is 11.7 Å². The molecule has 1 unspecified atom stereocenters. The largest absolute Gasteiger partial charge is 0.405 e. The van der Waals surface area contributed by atoms with E-state index in [0.29, 0.717) is 11.4 Å². The van der Waals surface area contributed by atoms with E-state index >= 15 is 0 Å². The number of hydrogen-bond acceptors (Lipinski definition) is 8. The van der Waals surface area contributed by atoms with Gasteiger partial charge in [0.15, 0.2) is 5.50 Å². The molecule has 0 bridgehead atoms. The fourth-order valence-electron chi connectivity index (χ4n) is 3.69. The van der Waals surface area contributed by atoms with Gasteiger partial charge in [0, 0.05) is 67.2 Å². The topological polar surface area (TPSA) is 93.6 Å². The molecule has 1 atom stereocenters. The van der Waals surface area contributed by atoms with E-state index in [-0.39, 0.29) is 17.2 Å². The molecule has 2 aromatic heterocycles. The second kappa shape index (κ2) is 10.1. The average Bonchev–Trinajstić information content (AvgIpc) is 3.18. The second-order valence-corrected chi connectivity index (χ2v) is 9.27. The van der Waals surface area contributed by atoms with Crippen LogP contribution in [0, 0.1) is 0 Å². The highest BCUT2D eigenvalue weighted by Gasteiger charge is 2.29. The van der Waals surface area contributed by atoms with Crippen molar-refractivity contribution in [3.05, 3.63) is 54.1 Å². The summed E-state index contributed by atoms with van der Waals surface area (Å²) < 4.78 is 37.2. The Balaban J connectivity index is 1.40. The number of amides is 1. The zero-order valence-corrected chi connectivity index (χ0v) is 19.2. The fourth-order valence-corrected chi connectivity index (χ4v) is 4.81. The number of alkyl halides is 3. The van der Waals surface area contributed by atoms with E-state index in [1.54, 1.807) is 12.4 Å². The molecule has 34 heavy (non-hydrogen) atoms. The highest BCUT2D eigenvalue weighted by atomic mass is 32.2. The molecule has 1 saturated heterocycles. The van der Waals surface area contributed by atoms with Gasteiger partial charge in [0.25, 0.3) is 5.91 Å². The number of carbonyl (C=O) groups excluding carboxylic acids is 1. The first-order chi connectivity index (χ1) is 16.2. The van der Waals surface area contributed by atoms with E-state index < -0.39 is 18.6 Å². The minimum absolute atomic E-state index is 0.0586. The Labute approximate surface area is 199 Å². The number of thioether (sulfide) groups is 1. The maximum absolute atomic E-state index is 12.4. The van der Waals surface area contributed by atoms with Crippen LogP contribution in [0.3, 0.4) is 0 Å². The van der Waals surface area contributed by atoms with Gasteiger partial charge in [-0.3, -0.25) is 9.78 Å². The van der Waals surface area contributed by atoms with E-state index in [2.05, 4.69) is 20.2 Å². The molecule has 0 radical (unpaired) electrons. The molecule has 2 aliphatic heterocycles. The molecule has 4 rings (SSSR count). The molecule has 0 aliphatic carbocycles. The summed E-state index contributed by atoms with van der Waals surface area (Å²) in [5, 5.41) is 15.0. The predicted octanol–water partition coefficient (Wildman–Crippen LogP) is 3.10. The van der Waals surface area contributed by atoms with Gasteiger partial charge in [-0.2, -0.15) is 13.2 Å². The van der Waals surface area contributed by atoms with Gasteiger partial charge in [0.1, 0.15) is 12.4 Å². The number of halogens is 3. The number of nitrogens with zero attached hydrogens (tertiary/aromatic N) is 4. The third-order valence-electron chi connectivity index (χ3n) is 5.51. The molecule has 3 N–H and O–H groups in total. The monoisotopic (exact) mass is 494 g/mol.